The number of aromatic nitrogens is 4. The molecule has 112 valence electrons. The van der Waals surface area contributed by atoms with Gasteiger partial charge in [0.15, 0.2) is 11.5 Å². The summed E-state index contributed by atoms with van der Waals surface area (Å²) in [6, 6.07) is 15.3. The number of benzene rings is 2. The Kier molecular flexibility index (Phi) is 3.20. The zero-order valence-corrected chi connectivity index (χ0v) is 11.9. The Balaban J connectivity index is 1.82. The van der Waals surface area contributed by atoms with Gasteiger partial charge in [-0.15, -0.1) is 0 Å². The first kappa shape index (κ1) is 13.4. The Labute approximate surface area is 130 Å². The molecule has 1 N–H and O–H groups in total. The molecule has 2 aromatic carbocycles. The molecule has 23 heavy (non-hydrogen) atoms. The van der Waals surface area contributed by atoms with Crippen molar-refractivity contribution < 1.29 is 9.13 Å². The van der Waals surface area contributed by atoms with E-state index in [1.54, 1.807) is 12.1 Å². The number of aromatic amines is 1. The maximum Gasteiger partial charge on any atom is 0.249 e. The fourth-order valence-electron chi connectivity index (χ4n) is 2.21. The summed E-state index contributed by atoms with van der Waals surface area (Å²) in [5, 5.41) is 0. The molecule has 0 unspecified atom stereocenters. The van der Waals surface area contributed by atoms with E-state index >= 15 is 0 Å². The summed E-state index contributed by atoms with van der Waals surface area (Å²) in [6.45, 7) is 0. The molecule has 0 atom stereocenters. The highest BCUT2D eigenvalue weighted by molar-refractivity contribution is 5.78. The number of H-pyrrole nitrogens is 1. The van der Waals surface area contributed by atoms with Gasteiger partial charge in [-0.3, -0.25) is 0 Å². The van der Waals surface area contributed by atoms with Crippen LogP contribution in [0.25, 0.3) is 22.6 Å². The Hall–Kier alpha value is -3.28. The molecule has 0 spiro atoms. The zero-order valence-electron chi connectivity index (χ0n) is 11.9. The normalized spacial score (nSPS) is 10.8. The van der Waals surface area contributed by atoms with Gasteiger partial charge in [-0.2, -0.15) is 4.98 Å². The number of nitrogens with one attached hydrogen (secondary N) is 1. The van der Waals surface area contributed by atoms with Gasteiger partial charge in [0.1, 0.15) is 17.1 Å². The fraction of sp³-hybridized carbons (Fsp3) is 0. The van der Waals surface area contributed by atoms with Crippen molar-refractivity contribution in [1.82, 2.24) is 19.9 Å². The van der Waals surface area contributed by atoms with Crippen LogP contribution in [0.4, 0.5) is 4.39 Å². The number of rotatable bonds is 3. The highest BCUT2D eigenvalue weighted by Gasteiger charge is 2.13. The third-order valence-electron chi connectivity index (χ3n) is 3.31. The van der Waals surface area contributed by atoms with Crippen LogP contribution in [0.1, 0.15) is 0 Å². The third-order valence-corrected chi connectivity index (χ3v) is 3.31. The summed E-state index contributed by atoms with van der Waals surface area (Å²) in [4.78, 5) is 16.0. The number of para-hydroxylation sites is 1. The van der Waals surface area contributed by atoms with Gasteiger partial charge in [0.25, 0.3) is 0 Å². The topological polar surface area (TPSA) is 63.7 Å². The Morgan fingerprint density at radius 3 is 2.48 bits per heavy atom. The molecule has 4 aromatic rings. The van der Waals surface area contributed by atoms with E-state index in [2.05, 4.69) is 19.9 Å². The van der Waals surface area contributed by atoms with Crippen molar-refractivity contribution in [1.29, 1.82) is 0 Å². The molecule has 0 saturated carbocycles. The number of ether oxygens (including phenoxy) is 1. The molecular weight excluding hydrogens is 295 g/mol. The lowest BCUT2D eigenvalue weighted by Crippen LogP contribution is -1.96. The Morgan fingerprint density at radius 2 is 1.70 bits per heavy atom. The minimum atomic E-state index is -0.310. The van der Waals surface area contributed by atoms with Gasteiger partial charge < -0.3 is 9.72 Å². The van der Waals surface area contributed by atoms with Crippen LogP contribution in [0.5, 0.6) is 11.6 Å². The molecule has 5 nitrogen and oxygen atoms in total. The van der Waals surface area contributed by atoms with E-state index < -0.39 is 0 Å². The molecule has 0 aliphatic rings. The minimum Gasteiger partial charge on any atom is -0.437 e. The van der Waals surface area contributed by atoms with Crippen molar-refractivity contribution in [2.75, 3.05) is 0 Å². The molecule has 4 rings (SSSR count). The van der Waals surface area contributed by atoms with Crippen molar-refractivity contribution in [2.45, 2.75) is 0 Å². The van der Waals surface area contributed by atoms with E-state index in [-0.39, 0.29) is 5.82 Å². The highest BCUT2D eigenvalue weighted by Crippen LogP contribution is 2.28. The maximum atomic E-state index is 13.1. The van der Waals surface area contributed by atoms with Gasteiger partial charge in [0, 0.05) is 5.56 Å². The molecule has 0 bridgehead atoms. The average molecular weight is 306 g/mol. The summed E-state index contributed by atoms with van der Waals surface area (Å²) >= 11 is 0. The number of halogens is 1. The predicted octanol–water partition coefficient (Wildman–Crippen LogP) is 3.95. The molecule has 0 radical (unpaired) electrons. The standard InChI is InChI=1S/C17H11FN4O/c18-12-8-6-11(7-9-12)15-21-16-14(19-10-20-16)17(22-15)23-13-4-2-1-3-5-13/h1-10H,(H,19,20,21,22). The number of hydrogen-bond acceptors (Lipinski definition) is 4. The van der Waals surface area contributed by atoms with Crippen LogP contribution in [0.15, 0.2) is 60.9 Å². The quantitative estimate of drug-likeness (QED) is 0.622. The van der Waals surface area contributed by atoms with Gasteiger partial charge in [-0.25, -0.2) is 14.4 Å². The molecule has 0 saturated heterocycles. The van der Waals surface area contributed by atoms with E-state index in [1.807, 2.05) is 30.3 Å². The Bertz CT molecular complexity index is 951. The van der Waals surface area contributed by atoms with Crippen LogP contribution < -0.4 is 4.74 Å². The molecule has 0 aliphatic carbocycles. The summed E-state index contributed by atoms with van der Waals surface area (Å²) in [5.74, 6) is 1.15. The van der Waals surface area contributed by atoms with E-state index in [1.165, 1.54) is 18.5 Å². The molecular formula is C17H11FN4O. The Morgan fingerprint density at radius 1 is 0.913 bits per heavy atom. The number of hydrogen-bond donors (Lipinski definition) is 1. The third kappa shape index (κ3) is 2.62. The van der Waals surface area contributed by atoms with Crippen molar-refractivity contribution in [3.8, 4) is 23.0 Å². The minimum absolute atomic E-state index is 0.310. The van der Waals surface area contributed by atoms with Crippen molar-refractivity contribution in [2.24, 2.45) is 0 Å². The number of fused-ring (bicyclic) bond motifs is 1. The SMILES string of the molecule is Fc1ccc(-c2nc(Oc3ccccc3)c3[nH]cnc3n2)cc1. The van der Waals surface area contributed by atoms with Crippen molar-refractivity contribution in [3.63, 3.8) is 0 Å². The first-order valence-corrected chi connectivity index (χ1v) is 6.99. The lowest BCUT2D eigenvalue weighted by atomic mass is 10.2. The first-order valence-electron chi connectivity index (χ1n) is 6.99. The lowest BCUT2D eigenvalue weighted by Gasteiger charge is -2.07. The van der Waals surface area contributed by atoms with E-state index in [0.717, 1.165) is 0 Å². The van der Waals surface area contributed by atoms with Crippen LogP contribution in [0, 0.1) is 5.82 Å². The monoisotopic (exact) mass is 306 g/mol. The second-order valence-corrected chi connectivity index (χ2v) is 4.88. The molecule has 0 fully saturated rings. The van der Waals surface area contributed by atoms with Crippen molar-refractivity contribution >= 4 is 11.2 Å². The van der Waals surface area contributed by atoms with Crippen LogP contribution in [-0.4, -0.2) is 19.9 Å². The smallest absolute Gasteiger partial charge is 0.249 e. The lowest BCUT2D eigenvalue weighted by molar-refractivity contribution is 0.468. The summed E-state index contributed by atoms with van der Waals surface area (Å²) in [5.41, 5.74) is 1.79. The van der Waals surface area contributed by atoms with E-state index in [9.17, 15) is 4.39 Å². The van der Waals surface area contributed by atoms with Gasteiger partial charge in [0.2, 0.25) is 5.88 Å². The zero-order chi connectivity index (χ0) is 15.6. The highest BCUT2D eigenvalue weighted by atomic mass is 19.1. The summed E-state index contributed by atoms with van der Waals surface area (Å²) < 4.78 is 18.9. The molecule has 0 aliphatic heterocycles. The first-order chi connectivity index (χ1) is 11.3. The molecule has 6 heteroatoms. The van der Waals surface area contributed by atoms with Crippen LogP contribution in [0.3, 0.4) is 0 Å². The van der Waals surface area contributed by atoms with Crippen LogP contribution in [0.2, 0.25) is 0 Å². The largest absolute Gasteiger partial charge is 0.437 e. The van der Waals surface area contributed by atoms with E-state index in [0.29, 0.717) is 34.2 Å². The predicted molar refractivity (Wildman–Crippen MR) is 83.6 cm³/mol. The van der Waals surface area contributed by atoms with Crippen molar-refractivity contribution in [3.05, 3.63) is 66.7 Å². The van der Waals surface area contributed by atoms with Gasteiger partial charge in [-0.1, -0.05) is 18.2 Å². The maximum absolute atomic E-state index is 13.1. The molecule has 0 amide bonds. The molecule has 2 aromatic heterocycles. The van der Waals surface area contributed by atoms with Crippen LogP contribution in [-0.2, 0) is 0 Å². The summed E-state index contributed by atoms with van der Waals surface area (Å²) in [7, 11) is 0. The number of nitrogens with zero attached hydrogens (tertiary/aromatic N) is 3. The van der Waals surface area contributed by atoms with E-state index in [4.69, 9.17) is 4.74 Å². The van der Waals surface area contributed by atoms with Crippen LogP contribution >= 0.6 is 0 Å². The average Bonchev–Trinajstić information content (AvgIpc) is 3.05. The summed E-state index contributed by atoms with van der Waals surface area (Å²) in [6.07, 6.45) is 1.53. The van der Waals surface area contributed by atoms with Gasteiger partial charge >= 0.3 is 0 Å². The second-order valence-electron chi connectivity index (χ2n) is 4.88. The van der Waals surface area contributed by atoms with Gasteiger partial charge in [0.05, 0.1) is 6.33 Å². The number of imidazole rings is 1. The second kappa shape index (κ2) is 5.49. The fourth-order valence-corrected chi connectivity index (χ4v) is 2.21. The molecule has 2 heterocycles. The van der Waals surface area contributed by atoms with Gasteiger partial charge in [-0.05, 0) is 36.4 Å².